The van der Waals surface area contributed by atoms with Gasteiger partial charge in [0, 0.05) is 12.1 Å². The molecule has 0 unspecified atom stereocenters. The Morgan fingerprint density at radius 2 is 2.09 bits per heavy atom. The zero-order chi connectivity index (χ0) is 15.7. The maximum Gasteiger partial charge on any atom is 0.231 e. The van der Waals surface area contributed by atoms with Crippen LogP contribution < -0.4 is 5.32 Å². The van der Waals surface area contributed by atoms with Crippen molar-refractivity contribution in [3.05, 3.63) is 42.0 Å². The van der Waals surface area contributed by atoms with E-state index in [1.807, 2.05) is 25.1 Å². The van der Waals surface area contributed by atoms with Gasteiger partial charge in [-0.15, -0.1) is 0 Å². The van der Waals surface area contributed by atoms with E-state index >= 15 is 0 Å². The number of rotatable bonds is 3. The van der Waals surface area contributed by atoms with E-state index in [1.54, 1.807) is 19.1 Å². The number of amides is 1. The Morgan fingerprint density at radius 3 is 2.86 bits per heavy atom. The van der Waals surface area contributed by atoms with Crippen LogP contribution in [-0.4, -0.2) is 16.0 Å². The van der Waals surface area contributed by atoms with Gasteiger partial charge in [-0.2, -0.15) is 0 Å². The first-order chi connectivity index (χ1) is 10.6. The van der Waals surface area contributed by atoms with Gasteiger partial charge in [-0.05, 0) is 42.8 Å². The van der Waals surface area contributed by atoms with Crippen LogP contribution in [0.25, 0.3) is 22.6 Å². The van der Waals surface area contributed by atoms with Crippen LogP contribution in [0.3, 0.4) is 0 Å². The first-order valence-electron chi connectivity index (χ1n) is 7.07. The lowest BCUT2D eigenvalue weighted by Crippen LogP contribution is -2.09. The van der Waals surface area contributed by atoms with E-state index in [-0.39, 0.29) is 11.7 Å². The van der Waals surface area contributed by atoms with Gasteiger partial charge in [0.25, 0.3) is 0 Å². The summed E-state index contributed by atoms with van der Waals surface area (Å²) in [6.07, 6.45) is 0.387. The summed E-state index contributed by atoms with van der Waals surface area (Å²) in [4.78, 5) is 15.9. The van der Waals surface area contributed by atoms with Crippen LogP contribution in [0.1, 0.15) is 18.9 Å². The summed E-state index contributed by atoms with van der Waals surface area (Å²) in [5.74, 6) is 0.285. The normalized spacial score (nSPS) is 10.8. The molecule has 22 heavy (non-hydrogen) atoms. The van der Waals surface area contributed by atoms with E-state index in [9.17, 15) is 9.90 Å². The molecule has 1 heterocycles. The minimum absolute atomic E-state index is 0.0535. The molecule has 2 aromatic carbocycles. The van der Waals surface area contributed by atoms with Crippen LogP contribution in [0, 0.1) is 6.92 Å². The van der Waals surface area contributed by atoms with Crippen molar-refractivity contribution >= 4 is 22.7 Å². The summed E-state index contributed by atoms with van der Waals surface area (Å²) in [5, 5.41) is 12.8. The highest BCUT2D eigenvalue weighted by atomic mass is 16.3. The monoisotopic (exact) mass is 296 g/mol. The second-order valence-electron chi connectivity index (χ2n) is 5.12. The average molecular weight is 296 g/mol. The first kappa shape index (κ1) is 14.1. The van der Waals surface area contributed by atoms with Crippen LogP contribution in [-0.2, 0) is 4.79 Å². The number of carbonyl (C=O) groups is 1. The zero-order valence-electron chi connectivity index (χ0n) is 12.4. The molecule has 0 bridgehead atoms. The van der Waals surface area contributed by atoms with Gasteiger partial charge in [0.1, 0.15) is 11.3 Å². The van der Waals surface area contributed by atoms with Crippen molar-refractivity contribution in [2.75, 3.05) is 5.32 Å². The molecule has 1 amide bonds. The lowest BCUT2D eigenvalue weighted by atomic mass is 10.1. The van der Waals surface area contributed by atoms with Gasteiger partial charge in [-0.3, -0.25) is 4.79 Å². The number of phenolic OH excluding ortho intramolecular Hbond substituents is 1. The molecule has 0 aliphatic carbocycles. The highest BCUT2D eigenvalue weighted by Crippen LogP contribution is 2.33. The highest BCUT2D eigenvalue weighted by molar-refractivity contribution is 5.91. The fraction of sp³-hybridized carbons (Fsp3) is 0.176. The lowest BCUT2D eigenvalue weighted by molar-refractivity contribution is -0.115. The van der Waals surface area contributed by atoms with Crippen LogP contribution >= 0.6 is 0 Å². The zero-order valence-corrected chi connectivity index (χ0v) is 12.4. The van der Waals surface area contributed by atoms with Crippen molar-refractivity contribution in [3.8, 4) is 17.2 Å². The largest absolute Gasteiger partial charge is 0.507 e. The highest BCUT2D eigenvalue weighted by Gasteiger charge is 2.13. The third-order valence-corrected chi connectivity index (χ3v) is 3.37. The van der Waals surface area contributed by atoms with Gasteiger partial charge in [0.2, 0.25) is 11.8 Å². The van der Waals surface area contributed by atoms with Gasteiger partial charge >= 0.3 is 0 Å². The van der Waals surface area contributed by atoms with E-state index in [1.165, 1.54) is 6.07 Å². The summed E-state index contributed by atoms with van der Waals surface area (Å²) < 4.78 is 5.69. The Hall–Kier alpha value is -2.82. The first-order valence-corrected chi connectivity index (χ1v) is 7.07. The van der Waals surface area contributed by atoms with Gasteiger partial charge in [0.15, 0.2) is 5.58 Å². The van der Waals surface area contributed by atoms with Crippen molar-refractivity contribution in [2.45, 2.75) is 20.3 Å². The van der Waals surface area contributed by atoms with E-state index < -0.39 is 0 Å². The standard InChI is InChI=1S/C17H16N2O3/c1-3-16(21)18-11-5-6-14(20)12(9-11)17-19-13-8-10(2)4-7-15(13)22-17/h4-9,20H,3H2,1-2H3,(H,18,21). The Bertz CT molecular complexity index is 852. The average Bonchev–Trinajstić information content (AvgIpc) is 2.91. The summed E-state index contributed by atoms with van der Waals surface area (Å²) in [5.41, 5.74) is 3.52. The molecular formula is C17H16N2O3. The number of nitrogens with zero attached hydrogens (tertiary/aromatic N) is 1. The number of carbonyl (C=O) groups excluding carboxylic acids is 1. The van der Waals surface area contributed by atoms with Crippen molar-refractivity contribution in [1.82, 2.24) is 4.98 Å². The minimum atomic E-state index is -0.0928. The molecule has 3 aromatic rings. The number of anilines is 1. The molecule has 2 N–H and O–H groups in total. The second-order valence-corrected chi connectivity index (χ2v) is 5.12. The molecule has 0 aliphatic rings. The molecule has 0 atom stereocenters. The fourth-order valence-corrected chi connectivity index (χ4v) is 2.19. The molecule has 0 aliphatic heterocycles. The quantitative estimate of drug-likeness (QED) is 0.720. The number of fused-ring (bicyclic) bond motifs is 1. The van der Waals surface area contributed by atoms with E-state index in [4.69, 9.17) is 4.42 Å². The van der Waals surface area contributed by atoms with Crippen molar-refractivity contribution in [1.29, 1.82) is 0 Å². The fourth-order valence-electron chi connectivity index (χ4n) is 2.19. The van der Waals surface area contributed by atoms with E-state index in [2.05, 4.69) is 10.3 Å². The molecule has 5 nitrogen and oxygen atoms in total. The van der Waals surface area contributed by atoms with Crippen LogP contribution in [0.15, 0.2) is 40.8 Å². The van der Waals surface area contributed by atoms with Crippen LogP contribution in [0.2, 0.25) is 0 Å². The molecule has 0 spiro atoms. The van der Waals surface area contributed by atoms with Crippen molar-refractivity contribution < 1.29 is 14.3 Å². The number of hydrogen-bond donors (Lipinski definition) is 2. The number of oxazole rings is 1. The molecular weight excluding hydrogens is 280 g/mol. The maximum absolute atomic E-state index is 11.5. The van der Waals surface area contributed by atoms with E-state index in [0.717, 1.165) is 11.1 Å². The third kappa shape index (κ3) is 2.65. The molecule has 0 fully saturated rings. The smallest absolute Gasteiger partial charge is 0.231 e. The van der Waals surface area contributed by atoms with Crippen LogP contribution in [0.4, 0.5) is 5.69 Å². The summed E-state index contributed by atoms with van der Waals surface area (Å²) in [7, 11) is 0. The van der Waals surface area contributed by atoms with Gasteiger partial charge < -0.3 is 14.8 Å². The third-order valence-electron chi connectivity index (χ3n) is 3.37. The number of aromatic nitrogens is 1. The number of hydrogen-bond acceptors (Lipinski definition) is 4. The maximum atomic E-state index is 11.5. The number of nitrogens with one attached hydrogen (secondary N) is 1. The molecule has 0 radical (unpaired) electrons. The molecule has 5 heteroatoms. The Morgan fingerprint density at radius 1 is 1.27 bits per heavy atom. The summed E-state index contributed by atoms with van der Waals surface area (Å²) in [6.45, 7) is 3.76. The topological polar surface area (TPSA) is 75.4 Å². The van der Waals surface area contributed by atoms with E-state index in [0.29, 0.717) is 29.1 Å². The number of aryl methyl sites for hydroxylation is 1. The van der Waals surface area contributed by atoms with Gasteiger partial charge in [-0.1, -0.05) is 13.0 Å². The van der Waals surface area contributed by atoms with Gasteiger partial charge in [-0.25, -0.2) is 4.98 Å². The minimum Gasteiger partial charge on any atom is -0.507 e. The van der Waals surface area contributed by atoms with Gasteiger partial charge in [0.05, 0.1) is 5.56 Å². The predicted octanol–water partition coefficient (Wildman–Crippen LogP) is 3.86. The number of phenols is 1. The Balaban J connectivity index is 2.04. The number of aromatic hydroxyl groups is 1. The van der Waals surface area contributed by atoms with Crippen molar-refractivity contribution in [2.24, 2.45) is 0 Å². The molecule has 0 saturated carbocycles. The molecule has 3 rings (SSSR count). The van der Waals surface area contributed by atoms with Crippen molar-refractivity contribution in [3.63, 3.8) is 0 Å². The summed E-state index contributed by atoms with van der Waals surface area (Å²) >= 11 is 0. The number of benzene rings is 2. The molecule has 0 saturated heterocycles. The predicted molar refractivity (Wildman–Crippen MR) is 84.8 cm³/mol. The Labute approximate surface area is 127 Å². The molecule has 1 aromatic heterocycles. The SMILES string of the molecule is CCC(=O)Nc1ccc(O)c(-c2nc3cc(C)ccc3o2)c1. The molecule has 112 valence electrons. The lowest BCUT2D eigenvalue weighted by Gasteiger charge is -2.06. The second kappa shape index (κ2) is 5.52. The summed E-state index contributed by atoms with van der Waals surface area (Å²) in [6, 6.07) is 10.5. The Kier molecular flexibility index (Phi) is 3.55. The van der Waals surface area contributed by atoms with Crippen LogP contribution in [0.5, 0.6) is 5.75 Å².